The number of halogens is 2. The highest BCUT2D eigenvalue weighted by Crippen LogP contribution is 2.27. The van der Waals surface area contributed by atoms with Crippen LogP contribution in [0.25, 0.3) is 0 Å². The minimum Gasteiger partial charge on any atom is -0.340 e. The first-order valence-corrected chi connectivity index (χ1v) is 7.50. The maximum atomic E-state index is 11.8. The van der Waals surface area contributed by atoms with Crippen molar-refractivity contribution in [2.75, 3.05) is 20.1 Å². The minimum atomic E-state index is 0. The van der Waals surface area contributed by atoms with E-state index >= 15 is 0 Å². The van der Waals surface area contributed by atoms with Crippen molar-refractivity contribution in [3.05, 3.63) is 20.8 Å². The highest BCUT2D eigenvalue weighted by molar-refractivity contribution is 9.10. The third-order valence-electron chi connectivity index (χ3n) is 2.85. The van der Waals surface area contributed by atoms with Crippen LogP contribution in [-0.2, 0) is 11.3 Å². The molecule has 0 bridgehead atoms. The Labute approximate surface area is 126 Å². The van der Waals surface area contributed by atoms with Gasteiger partial charge in [0.2, 0.25) is 5.91 Å². The lowest BCUT2D eigenvalue weighted by molar-refractivity contribution is -0.129. The van der Waals surface area contributed by atoms with Gasteiger partial charge in [-0.1, -0.05) is 0 Å². The van der Waals surface area contributed by atoms with Gasteiger partial charge in [0.15, 0.2) is 0 Å². The molecule has 0 spiro atoms. The van der Waals surface area contributed by atoms with Crippen molar-refractivity contribution in [2.24, 2.45) is 5.92 Å². The number of nitrogens with zero attached hydrogens (tertiary/aromatic N) is 1. The number of likely N-dealkylation sites (N-methyl/N-ethyl adjacent to an activating group) is 1. The number of carbonyl (C=O) groups excluding carboxylic acids is 1. The predicted octanol–water partition coefficient (Wildman–Crippen LogP) is 2.89. The molecule has 102 valence electrons. The van der Waals surface area contributed by atoms with E-state index in [2.05, 4.69) is 27.3 Å². The normalized spacial score (nSPS) is 14.1. The maximum Gasteiger partial charge on any atom is 0.236 e. The number of rotatable bonds is 6. The summed E-state index contributed by atoms with van der Waals surface area (Å²) >= 11 is 5.09. The van der Waals surface area contributed by atoms with Gasteiger partial charge in [0, 0.05) is 21.8 Å². The van der Waals surface area contributed by atoms with Crippen molar-refractivity contribution < 1.29 is 4.79 Å². The Morgan fingerprint density at radius 1 is 1.61 bits per heavy atom. The standard InChI is InChI=1S/C12H17BrN2OS.ClH/c1-15(7-11-4-10(13)8-17-11)12(16)6-14-5-9-2-3-9;/h4,8-9,14H,2-3,5-7H2,1H3;1H. The number of hydrogen-bond donors (Lipinski definition) is 1. The summed E-state index contributed by atoms with van der Waals surface area (Å²) in [5.41, 5.74) is 0. The quantitative estimate of drug-likeness (QED) is 0.853. The third kappa shape index (κ3) is 5.26. The molecule has 1 fully saturated rings. The summed E-state index contributed by atoms with van der Waals surface area (Å²) in [6.45, 7) is 2.14. The van der Waals surface area contributed by atoms with Crippen LogP contribution in [-0.4, -0.2) is 30.9 Å². The average molecular weight is 354 g/mol. The van der Waals surface area contributed by atoms with Crippen molar-refractivity contribution in [3.8, 4) is 0 Å². The zero-order valence-corrected chi connectivity index (χ0v) is 13.5. The zero-order chi connectivity index (χ0) is 12.3. The highest BCUT2D eigenvalue weighted by Gasteiger charge is 2.21. The Kier molecular flexibility index (Phi) is 6.63. The van der Waals surface area contributed by atoms with E-state index in [1.165, 1.54) is 17.7 Å². The molecule has 0 aromatic carbocycles. The first-order valence-electron chi connectivity index (χ1n) is 5.82. The maximum absolute atomic E-state index is 11.8. The molecule has 1 N–H and O–H groups in total. The van der Waals surface area contributed by atoms with Gasteiger partial charge in [0.25, 0.3) is 0 Å². The molecule has 1 aromatic rings. The van der Waals surface area contributed by atoms with Crippen molar-refractivity contribution in [2.45, 2.75) is 19.4 Å². The summed E-state index contributed by atoms with van der Waals surface area (Å²) in [5.74, 6) is 0.983. The molecule has 1 aromatic heterocycles. The number of thiophene rings is 1. The average Bonchev–Trinajstić information content (AvgIpc) is 3.02. The largest absolute Gasteiger partial charge is 0.340 e. The second-order valence-corrected chi connectivity index (χ2v) is 6.47. The molecule has 6 heteroatoms. The summed E-state index contributed by atoms with van der Waals surface area (Å²) in [7, 11) is 1.86. The van der Waals surface area contributed by atoms with Crippen molar-refractivity contribution in [1.29, 1.82) is 0 Å². The van der Waals surface area contributed by atoms with E-state index in [0.29, 0.717) is 13.1 Å². The van der Waals surface area contributed by atoms with E-state index in [1.54, 1.807) is 16.2 Å². The highest BCUT2D eigenvalue weighted by atomic mass is 79.9. The fourth-order valence-electron chi connectivity index (χ4n) is 1.60. The van der Waals surface area contributed by atoms with E-state index in [1.807, 2.05) is 12.4 Å². The van der Waals surface area contributed by atoms with Crippen LogP contribution in [0.15, 0.2) is 15.9 Å². The van der Waals surface area contributed by atoms with Crippen molar-refractivity contribution >= 4 is 45.6 Å². The molecule has 0 unspecified atom stereocenters. The summed E-state index contributed by atoms with van der Waals surface area (Å²) in [5, 5.41) is 5.26. The summed E-state index contributed by atoms with van der Waals surface area (Å²) in [6, 6.07) is 2.06. The predicted molar refractivity (Wildman–Crippen MR) is 81.3 cm³/mol. The van der Waals surface area contributed by atoms with Crippen LogP contribution in [0.1, 0.15) is 17.7 Å². The van der Waals surface area contributed by atoms with E-state index in [4.69, 9.17) is 0 Å². The molecule has 0 atom stereocenters. The van der Waals surface area contributed by atoms with Gasteiger partial charge in [0.05, 0.1) is 13.1 Å². The number of hydrogen-bond acceptors (Lipinski definition) is 3. The van der Waals surface area contributed by atoms with Gasteiger partial charge in [0.1, 0.15) is 0 Å². The SMILES string of the molecule is CN(Cc1cc(Br)cs1)C(=O)CNCC1CC1.Cl. The van der Waals surface area contributed by atoms with E-state index in [0.717, 1.165) is 16.9 Å². The topological polar surface area (TPSA) is 32.3 Å². The molecule has 1 saturated carbocycles. The van der Waals surface area contributed by atoms with Crippen LogP contribution in [0.2, 0.25) is 0 Å². The third-order valence-corrected chi connectivity index (χ3v) is 4.53. The molecule has 0 saturated heterocycles. The van der Waals surface area contributed by atoms with Crippen LogP contribution >= 0.6 is 39.7 Å². The lowest BCUT2D eigenvalue weighted by Gasteiger charge is -2.16. The summed E-state index contributed by atoms with van der Waals surface area (Å²) in [6.07, 6.45) is 2.64. The monoisotopic (exact) mass is 352 g/mol. The van der Waals surface area contributed by atoms with E-state index < -0.39 is 0 Å². The Hall–Kier alpha value is -0.100. The Balaban J connectivity index is 0.00000162. The van der Waals surface area contributed by atoms with Crippen LogP contribution in [0, 0.1) is 5.92 Å². The minimum absolute atomic E-state index is 0. The van der Waals surface area contributed by atoms with E-state index in [9.17, 15) is 4.79 Å². The summed E-state index contributed by atoms with van der Waals surface area (Å²) < 4.78 is 1.09. The lowest BCUT2D eigenvalue weighted by Crippen LogP contribution is -2.35. The number of carbonyl (C=O) groups is 1. The molecule has 18 heavy (non-hydrogen) atoms. The molecule has 1 aliphatic rings. The fourth-order valence-corrected chi connectivity index (χ4v) is 3.10. The molecule has 3 nitrogen and oxygen atoms in total. The second kappa shape index (κ2) is 7.48. The number of amides is 1. The van der Waals surface area contributed by atoms with Crippen LogP contribution in [0.5, 0.6) is 0 Å². The van der Waals surface area contributed by atoms with Crippen molar-refractivity contribution in [3.63, 3.8) is 0 Å². The first kappa shape index (κ1) is 16.0. The molecular weight excluding hydrogens is 336 g/mol. The zero-order valence-electron chi connectivity index (χ0n) is 10.3. The molecular formula is C12H18BrClN2OS. The van der Waals surface area contributed by atoms with Crippen LogP contribution < -0.4 is 5.32 Å². The Morgan fingerprint density at radius 3 is 2.89 bits per heavy atom. The van der Waals surface area contributed by atoms with Gasteiger partial charge in [-0.25, -0.2) is 0 Å². The number of nitrogens with one attached hydrogen (secondary N) is 1. The lowest BCUT2D eigenvalue weighted by atomic mass is 10.4. The second-order valence-electron chi connectivity index (χ2n) is 4.56. The fraction of sp³-hybridized carbons (Fsp3) is 0.583. The first-order chi connectivity index (χ1) is 8.15. The molecule has 0 aliphatic heterocycles. The van der Waals surface area contributed by atoms with Crippen LogP contribution in [0.4, 0.5) is 0 Å². The van der Waals surface area contributed by atoms with E-state index in [-0.39, 0.29) is 18.3 Å². The Morgan fingerprint density at radius 2 is 2.33 bits per heavy atom. The van der Waals surface area contributed by atoms with Gasteiger partial charge >= 0.3 is 0 Å². The molecule has 1 amide bonds. The van der Waals surface area contributed by atoms with Gasteiger partial charge in [-0.2, -0.15) is 0 Å². The molecule has 1 aliphatic carbocycles. The Bertz CT molecular complexity index is 395. The molecule has 1 heterocycles. The smallest absolute Gasteiger partial charge is 0.236 e. The van der Waals surface area contributed by atoms with Gasteiger partial charge < -0.3 is 10.2 Å². The van der Waals surface area contributed by atoms with Gasteiger partial charge in [-0.3, -0.25) is 4.79 Å². The van der Waals surface area contributed by atoms with Crippen molar-refractivity contribution in [1.82, 2.24) is 10.2 Å². The van der Waals surface area contributed by atoms with Gasteiger partial charge in [-0.15, -0.1) is 23.7 Å². The van der Waals surface area contributed by atoms with Gasteiger partial charge in [-0.05, 0) is 47.3 Å². The summed E-state index contributed by atoms with van der Waals surface area (Å²) in [4.78, 5) is 14.8. The van der Waals surface area contributed by atoms with Crippen LogP contribution in [0.3, 0.4) is 0 Å². The molecule has 2 rings (SSSR count). The molecule has 0 radical (unpaired) electrons.